The molecule has 4 aliphatic rings. The molecule has 2 saturated heterocycles. The van der Waals surface area contributed by atoms with Crippen LogP contribution in [0.1, 0.15) is 43.0 Å². The highest BCUT2D eigenvalue weighted by Crippen LogP contribution is 2.42. The summed E-state index contributed by atoms with van der Waals surface area (Å²) in [5.41, 5.74) is 1.50. The van der Waals surface area contributed by atoms with Crippen molar-refractivity contribution in [2.24, 2.45) is 16.2 Å². The zero-order valence-electron chi connectivity index (χ0n) is 18.2. The first kappa shape index (κ1) is 21.8. The zero-order valence-corrected chi connectivity index (χ0v) is 19.8. The number of nitrogens with zero attached hydrogens (tertiary/aromatic N) is 4. The summed E-state index contributed by atoms with van der Waals surface area (Å²) in [4.78, 5) is 32.6. The lowest BCUT2D eigenvalue weighted by atomic mass is 9.92. The summed E-state index contributed by atoms with van der Waals surface area (Å²) in [7, 11) is -3.40. The number of piperidine rings is 2. The average Bonchev–Trinajstić information content (AvgIpc) is 3.14. The normalized spacial score (nSPS) is 23.5. The Hall–Kier alpha value is -2.07. The van der Waals surface area contributed by atoms with E-state index in [0.29, 0.717) is 49.1 Å². The van der Waals surface area contributed by atoms with Crippen LogP contribution in [0.25, 0.3) is 0 Å². The molecule has 32 heavy (non-hydrogen) atoms. The predicted octanol–water partition coefficient (Wildman–Crippen LogP) is 2.41. The van der Waals surface area contributed by atoms with E-state index in [1.807, 2.05) is 26.8 Å². The van der Waals surface area contributed by atoms with Crippen LogP contribution in [0.2, 0.25) is 0 Å². The highest BCUT2D eigenvalue weighted by Gasteiger charge is 2.35. The number of carbonyl (C=O) groups is 2. The molecule has 4 aliphatic heterocycles. The van der Waals surface area contributed by atoms with Gasteiger partial charge >= 0.3 is 0 Å². The SMILES string of the molecule is CC1CCN(C(=O)C2CCN(C(=O)c3ccc4c(c3)SC3=NS(=O)(=O)CCN34)CC2)CC1. The van der Waals surface area contributed by atoms with Gasteiger partial charge in [0, 0.05) is 49.1 Å². The molecule has 0 aliphatic carbocycles. The van der Waals surface area contributed by atoms with Gasteiger partial charge in [0.05, 0.1) is 11.4 Å². The summed E-state index contributed by atoms with van der Waals surface area (Å²) < 4.78 is 27.5. The molecule has 0 saturated carbocycles. The molecule has 1 aromatic rings. The second-order valence-electron chi connectivity index (χ2n) is 9.17. The van der Waals surface area contributed by atoms with Crippen LogP contribution in [0.5, 0.6) is 0 Å². The number of anilines is 1. The van der Waals surface area contributed by atoms with Crippen molar-refractivity contribution >= 4 is 44.5 Å². The number of hydrogen-bond acceptors (Lipinski definition) is 6. The molecule has 2 fully saturated rings. The summed E-state index contributed by atoms with van der Waals surface area (Å²) >= 11 is 1.30. The van der Waals surface area contributed by atoms with Crippen molar-refractivity contribution in [2.45, 2.75) is 37.5 Å². The van der Waals surface area contributed by atoms with E-state index >= 15 is 0 Å². The zero-order chi connectivity index (χ0) is 22.5. The van der Waals surface area contributed by atoms with Crippen LogP contribution in [0.3, 0.4) is 0 Å². The minimum Gasteiger partial charge on any atom is -0.342 e. The average molecular weight is 477 g/mol. The Morgan fingerprint density at radius 1 is 1.00 bits per heavy atom. The van der Waals surface area contributed by atoms with Crippen LogP contribution in [0.4, 0.5) is 5.69 Å². The number of carbonyl (C=O) groups excluding carboxylic acids is 2. The van der Waals surface area contributed by atoms with E-state index in [2.05, 4.69) is 11.3 Å². The van der Waals surface area contributed by atoms with Gasteiger partial charge in [0.2, 0.25) is 5.91 Å². The molecule has 0 radical (unpaired) electrons. The third kappa shape index (κ3) is 4.14. The molecular formula is C22H28N4O4S2. The van der Waals surface area contributed by atoms with Crippen LogP contribution in [0, 0.1) is 11.8 Å². The number of hydrogen-bond donors (Lipinski definition) is 0. The van der Waals surface area contributed by atoms with E-state index in [1.54, 1.807) is 6.07 Å². The quantitative estimate of drug-likeness (QED) is 0.651. The first-order chi connectivity index (χ1) is 15.3. The molecule has 0 spiro atoms. The summed E-state index contributed by atoms with van der Waals surface area (Å²) in [5.74, 6) is 0.928. The van der Waals surface area contributed by atoms with Crippen LogP contribution >= 0.6 is 11.8 Å². The maximum Gasteiger partial charge on any atom is 0.257 e. The van der Waals surface area contributed by atoms with Crippen LogP contribution in [-0.2, 0) is 14.8 Å². The van der Waals surface area contributed by atoms with Gasteiger partial charge in [0.15, 0.2) is 5.17 Å². The van der Waals surface area contributed by atoms with Crippen LogP contribution in [-0.4, -0.2) is 73.7 Å². The number of thioether (sulfide) groups is 1. The Balaban J connectivity index is 1.22. The standard InChI is InChI=1S/C22H28N4O4S2/c1-15-4-8-24(9-5-15)20(27)16-6-10-25(11-7-16)21(28)17-2-3-18-19(14-17)31-22-23-32(29,30)13-12-26(18)22/h2-3,14-16H,4-13H2,1H3. The molecule has 5 rings (SSSR count). The summed E-state index contributed by atoms with van der Waals surface area (Å²) in [6.45, 7) is 5.50. The Morgan fingerprint density at radius 3 is 2.41 bits per heavy atom. The maximum absolute atomic E-state index is 13.1. The van der Waals surface area contributed by atoms with Gasteiger partial charge in [-0.05, 0) is 61.6 Å². The highest BCUT2D eigenvalue weighted by atomic mass is 32.2. The molecule has 2 amide bonds. The molecule has 0 bridgehead atoms. The second kappa shape index (κ2) is 8.37. The highest BCUT2D eigenvalue weighted by molar-refractivity contribution is 8.15. The second-order valence-corrected chi connectivity index (χ2v) is 11.9. The molecule has 0 aromatic heterocycles. The first-order valence-electron chi connectivity index (χ1n) is 11.3. The van der Waals surface area contributed by atoms with Crippen molar-refractivity contribution < 1.29 is 18.0 Å². The molecular weight excluding hydrogens is 448 g/mol. The van der Waals surface area contributed by atoms with Gasteiger partial charge in [0.1, 0.15) is 0 Å². The van der Waals surface area contributed by atoms with E-state index in [9.17, 15) is 18.0 Å². The summed E-state index contributed by atoms with van der Waals surface area (Å²) in [5, 5.41) is 0.460. The molecule has 172 valence electrons. The lowest BCUT2D eigenvalue weighted by molar-refractivity contribution is -0.138. The molecule has 10 heteroatoms. The Morgan fingerprint density at radius 2 is 1.69 bits per heavy atom. The van der Waals surface area contributed by atoms with E-state index in [-0.39, 0.29) is 23.5 Å². The third-order valence-corrected chi connectivity index (χ3v) is 9.25. The minimum atomic E-state index is -3.40. The fourth-order valence-electron chi connectivity index (χ4n) is 4.86. The van der Waals surface area contributed by atoms with Gasteiger partial charge in [-0.1, -0.05) is 6.92 Å². The lowest BCUT2D eigenvalue weighted by Gasteiger charge is -2.36. The molecule has 8 nitrogen and oxygen atoms in total. The number of benzene rings is 1. The van der Waals surface area contributed by atoms with Crippen molar-refractivity contribution in [3.63, 3.8) is 0 Å². The minimum absolute atomic E-state index is 0.00129. The molecule has 0 N–H and O–H groups in total. The van der Waals surface area contributed by atoms with Gasteiger partial charge in [0.25, 0.3) is 15.9 Å². The number of amidine groups is 1. The monoisotopic (exact) mass is 476 g/mol. The van der Waals surface area contributed by atoms with E-state index < -0.39 is 10.0 Å². The number of sulfonamides is 1. The first-order valence-corrected chi connectivity index (χ1v) is 13.7. The maximum atomic E-state index is 13.1. The lowest BCUT2D eigenvalue weighted by Crippen LogP contribution is -2.46. The van der Waals surface area contributed by atoms with Crippen LogP contribution < -0.4 is 4.90 Å². The number of fused-ring (bicyclic) bond motifs is 3. The van der Waals surface area contributed by atoms with Crippen molar-refractivity contribution in [3.05, 3.63) is 23.8 Å². The van der Waals surface area contributed by atoms with E-state index in [0.717, 1.165) is 36.5 Å². The molecule has 0 atom stereocenters. The Kier molecular flexibility index (Phi) is 5.69. The topological polar surface area (TPSA) is 90.4 Å². The molecule has 4 heterocycles. The van der Waals surface area contributed by atoms with Crippen molar-refractivity contribution in [1.29, 1.82) is 0 Å². The fourth-order valence-corrected chi connectivity index (χ4v) is 7.16. The van der Waals surface area contributed by atoms with Gasteiger partial charge in [-0.25, -0.2) is 8.42 Å². The number of amides is 2. The smallest absolute Gasteiger partial charge is 0.257 e. The number of likely N-dealkylation sites (tertiary alicyclic amines) is 2. The third-order valence-electron chi connectivity index (χ3n) is 6.95. The molecule has 0 unspecified atom stereocenters. The summed E-state index contributed by atoms with van der Waals surface area (Å²) in [6.07, 6.45) is 3.57. The van der Waals surface area contributed by atoms with Gasteiger partial charge < -0.3 is 14.7 Å². The van der Waals surface area contributed by atoms with Crippen LogP contribution in [0.15, 0.2) is 27.5 Å². The van der Waals surface area contributed by atoms with Gasteiger partial charge in [-0.2, -0.15) is 0 Å². The largest absolute Gasteiger partial charge is 0.342 e. The number of rotatable bonds is 2. The fraction of sp³-hybridized carbons (Fsp3) is 0.591. The van der Waals surface area contributed by atoms with E-state index in [1.165, 1.54) is 11.8 Å². The van der Waals surface area contributed by atoms with Gasteiger partial charge in [-0.3, -0.25) is 9.59 Å². The summed E-state index contributed by atoms with van der Waals surface area (Å²) in [6, 6.07) is 5.52. The Bertz CT molecular complexity index is 1070. The van der Waals surface area contributed by atoms with Crippen molar-refractivity contribution in [3.8, 4) is 0 Å². The predicted molar refractivity (Wildman–Crippen MR) is 124 cm³/mol. The van der Waals surface area contributed by atoms with E-state index in [4.69, 9.17) is 0 Å². The van der Waals surface area contributed by atoms with Crippen molar-refractivity contribution in [2.75, 3.05) is 43.4 Å². The van der Waals surface area contributed by atoms with Gasteiger partial charge in [-0.15, -0.1) is 4.40 Å². The Labute approximate surface area is 193 Å². The molecule has 1 aromatic carbocycles. The van der Waals surface area contributed by atoms with Crippen molar-refractivity contribution in [1.82, 2.24) is 9.80 Å².